The van der Waals surface area contributed by atoms with Crippen molar-refractivity contribution in [2.75, 3.05) is 6.61 Å². The molecule has 7 nitrogen and oxygen atoms in total. The molecule has 0 spiro atoms. The molecule has 1 heterocycles. The van der Waals surface area contributed by atoms with E-state index in [-0.39, 0.29) is 11.5 Å². The van der Waals surface area contributed by atoms with E-state index in [9.17, 15) is 4.79 Å². The molecule has 0 atom stereocenters. The summed E-state index contributed by atoms with van der Waals surface area (Å²) in [7, 11) is 0. The summed E-state index contributed by atoms with van der Waals surface area (Å²) in [6, 6.07) is 6.79. The van der Waals surface area contributed by atoms with Gasteiger partial charge < -0.3 is 4.74 Å². The standard InChI is InChI=1S/C13H13N5O2/c1-3-20-11-6-4-10(5-7-11)8-14-17-12-9(2)16-18-13(19)15-12/h4-8H,2-3H2,1H3,(H,15,17,19)/b14-8+. The van der Waals surface area contributed by atoms with Crippen LogP contribution in [-0.2, 0) is 0 Å². The SMILES string of the molecule is C=C1N=NC(=O)N/C1=N/N=C/c1ccc(OCC)cc1. The van der Waals surface area contributed by atoms with Crippen LogP contribution in [0, 0.1) is 0 Å². The van der Waals surface area contributed by atoms with Crippen LogP contribution in [0.3, 0.4) is 0 Å². The molecule has 1 aliphatic heterocycles. The first kappa shape index (κ1) is 13.6. The maximum absolute atomic E-state index is 11.0. The minimum atomic E-state index is -0.590. The summed E-state index contributed by atoms with van der Waals surface area (Å²) in [6.07, 6.45) is 1.55. The molecule has 0 saturated heterocycles. The second-order valence-corrected chi connectivity index (χ2v) is 3.77. The fourth-order valence-electron chi connectivity index (χ4n) is 1.40. The van der Waals surface area contributed by atoms with E-state index in [1.54, 1.807) is 6.21 Å². The zero-order valence-corrected chi connectivity index (χ0v) is 10.9. The molecule has 1 aromatic rings. The number of hydrogen-bond donors (Lipinski definition) is 1. The Morgan fingerprint density at radius 2 is 2.10 bits per heavy atom. The lowest BCUT2D eigenvalue weighted by Crippen LogP contribution is -2.31. The van der Waals surface area contributed by atoms with Gasteiger partial charge in [-0.15, -0.1) is 10.2 Å². The van der Waals surface area contributed by atoms with E-state index in [0.29, 0.717) is 6.61 Å². The molecule has 102 valence electrons. The molecule has 2 rings (SSSR count). The maximum atomic E-state index is 11.0. The second-order valence-electron chi connectivity index (χ2n) is 3.77. The number of amides is 2. The highest BCUT2D eigenvalue weighted by Crippen LogP contribution is 2.11. The van der Waals surface area contributed by atoms with E-state index in [1.807, 2.05) is 31.2 Å². The molecule has 0 aromatic heterocycles. The molecular formula is C13H13N5O2. The van der Waals surface area contributed by atoms with Crippen LogP contribution in [-0.4, -0.2) is 24.7 Å². The third-order valence-corrected chi connectivity index (χ3v) is 2.32. The van der Waals surface area contributed by atoms with Crippen molar-refractivity contribution in [3.8, 4) is 5.75 Å². The smallest absolute Gasteiger partial charge is 0.365 e. The minimum absolute atomic E-state index is 0.187. The van der Waals surface area contributed by atoms with Gasteiger partial charge in [-0.25, -0.2) is 4.79 Å². The summed E-state index contributed by atoms with van der Waals surface area (Å²) in [4.78, 5) is 11.0. The lowest BCUT2D eigenvalue weighted by Gasteiger charge is -2.06. The first-order valence-corrected chi connectivity index (χ1v) is 5.95. The fourth-order valence-corrected chi connectivity index (χ4v) is 1.40. The minimum Gasteiger partial charge on any atom is -0.494 e. The number of azo groups is 1. The Kier molecular flexibility index (Phi) is 4.33. The van der Waals surface area contributed by atoms with Crippen molar-refractivity contribution in [3.05, 3.63) is 42.1 Å². The van der Waals surface area contributed by atoms with E-state index in [2.05, 4.69) is 32.3 Å². The largest absolute Gasteiger partial charge is 0.494 e. The Balaban J connectivity index is 2.04. The predicted molar refractivity (Wildman–Crippen MR) is 75.2 cm³/mol. The number of carbonyl (C=O) groups is 1. The number of nitrogens with one attached hydrogen (secondary N) is 1. The molecule has 0 bridgehead atoms. The van der Waals surface area contributed by atoms with Gasteiger partial charge in [0, 0.05) is 0 Å². The molecule has 2 amide bonds. The first-order chi connectivity index (χ1) is 9.69. The molecule has 1 aromatic carbocycles. The van der Waals surface area contributed by atoms with Gasteiger partial charge in [-0.2, -0.15) is 5.10 Å². The average molecular weight is 271 g/mol. The van der Waals surface area contributed by atoms with Crippen molar-refractivity contribution < 1.29 is 9.53 Å². The van der Waals surface area contributed by atoms with Gasteiger partial charge in [0.1, 0.15) is 11.4 Å². The number of ether oxygens (including phenoxy) is 1. The van der Waals surface area contributed by atoms with E-state index >= 15 is 0 Å². The Morgan fingerprint density at radius 3 is 2.80 bits per heavy atom. The molecule has 0 aliphatic carbocycles. The van der Waals surface area contributed by atoms with Crippen molar-refractivity contribution in [2.45, 2.75) is 6.92 Å². The molecule has 0 fully saturated rings. The summed E-state index contributed by atoms with van der Waals surface area (Å²) in [5.74, 6) is 0.983. The van der Waals surface area contributed by atoms with Gasteiger partial charge in [0.2, 0.25) is 0 Å². The monoisotopic (exact) mass is 271 g/mol. The summed E-state index contributed by atoms with van der Waals surface area (Å²) in [5.41, 5.74) is 1.11. The molecule has 1 N–H and O–H groups in total. The summed E-state index contributed by atoms with van der Waals surface area (Å²) in [6.45, 7) is 6.14. The van der Waals surface area contributed by atoms with Gasteiger partial charge in [-0.1, -0.05) is 11.7 Å². The average Bonchev–Trinajstić information content (AvgIpc) is 2.45. The van der Waals surface area contributed by atoms with E-state index in [1.165, 1.54) is 0 Å². The van der Waals surface area contributed by atoms with Crippen LogP contribution in [0.1, 0.15) is 12.5 Å². The maximum Gasteiger partial charge on any atom is 0.365 e. The van der Waals surface area contributed by atoms with Gasteiger partial charge in [-0.3, -0.25) is 5.32 Å². The number of benzene rings is 1. The molecular weight excluding hydrogens is 258 g/mol. The summed E-state index contributed by atoms with van der Waals surface area (Å²) < 4.78 is 5.33. The van der Waals surface area contributed by atoms with Crippen molar-refractivity contribution in [2.24, 2.45) is 20.4 Å². The van der Waals surface area contributed by atoms with Crippen molar-refractivity contribution >= 4 is 18.1 Å². The number of nitrogens with zero attached hydrogens (tertiary/aromatic N) is 4. The third kappa shape index (κ3) is 3.58. The Labute approximate surface area is 115 Å². The zero-order valence-electron chi connectivity index (χ0n) is 10.9. The van der Waals surface area contributed by atoms with Crippen molar-refractivity contribution in [1.29, 1.82) is 0 Å². The normalized spacial score (nSPS) is 16.8. The summed E-state index contributed by atoms with van der Waals surface area (Å²) >= 11 is 0. The predicted octanol–water partition coefficient (Wildman–Crippen LogP) is 2.51. The van der Waals surface area contributed by atoms with Crippen LogP contribution in [0.2, 0.25) is 0 Å². The lowest BCUT2D eigenvalue weighted by molar-refractivity contribution is 0.251. The van der Waals surface area contributed by atoms with Crippen molar-refractivity contribution in [3.63, 3.8) is 0 Å². The van der Waals surface area contributed by atoms with Gasteiger partial charge in [-0.05, 0) is 36.8 Å². The van der Waals surface area contributed by atoms with Gasteiger partial charge in [0.25, 0.3) is 0 Å². The first-order valence-electron chi connectivity index (χ1n) is 5.95. The molecule has 0 radical (unpaired) electrons. The number of carbonyl (C=O) groups excluding carboxylic acids is 1. The second kappa shape index (κ2) is 6.37. The topological polar surface area (TPSA) is 87.8 Å². The van der Waals surface area contributed by atoms with Crippen LogP contribution in [0.25, 0.3) is 0 Å². The molecule has 1 aliphatic rings. The highest BCUT2D eigenvalue weighted by atomic mass is 16.5. The highest BCUT2D eigenvalue weighted by molar-refractivity contribution is 6.08. The van der Waals surface area contributed by atoms with E-state index < -0.39 is 6.03 Å². The van der Waals surface area contributed by atoms with E-state index in [4.69, 9.17) is 4.74 Å². The van der Waals surface area contributed by atoms with Crippen LogP contribution >= 0.6 is 0 Å². The Hall–Kier alpha value is -2.83. The molecule has 0 saturated carbocycles. The van der Waals surface area contributed by atoms with Gasteiger partial charge >= 0.3 is 6.03 Å². The van der Waals surface area contributed by atoms with Gasteiger partial charge in [0.15, 0.2) is 5.84 Å². The van der Waals surface area contributed by atoms with Crippen LogP contribution < -0.4 is 10.1 Å². The fraction of sp³-hybridized carbons (Fsp3) is 0.154. The molecule has 7 heteroatoms. The van der Waals surface area contributed by atoms with Crippen LogP contribution in [0.15, 0.2) is 57.0 Å². The zero-order chi connectivity index (χ0) is 14.4. The highest BCUT2D eigenvalue weighted by Gasteiger charge is 2.13. The van der Waals surface area contributed by atoms with Gasteiger partial charge in [0.05, 0.1) is 12.8 Å². The Bertz CT molecular complexity index is 602. The van der Waals surface area contributed by atoms with Crippen molar-refractivity contribution in [1.82, 2.24) is 5.32 Å². The third-order valence-electron chi connectivity index (χ3n) is 2.32. The molecule has 20 heavy (non-hydrogen) atoms. The lowest BCUT2D eigenvalue weighted by atomic mass is 10.2. The Morgan fingerprint density at radius 1 is 1.35 bits per heavy atom. The number of hydrogen-bond acceptors (Lipinski definition) is 5. The molecule has 0 unspecified atom stereocenters. The van der Waals surface area contributed by atoms with E-state index in [0.717, 1.165) is 11.3 Å². The van der Waals surface area contributed by atoms with Crippen LogP contribution in [0.5, 0.6) is 5.75 Å². The van der Waals surface area contributed by atoms with Crippen LogP contribution in [0.4, 0.5) is 4.79 Å². The summed E-state index contributed by atoms with van der Waals surface area (Å²) in [5, 5.41) is 16.9. The number of amidine groups is 1. The number of urea groups is 1. The quantitative estimate of drug-likeness (QED) is 0.673. The number of rotatable bonds is 4.